The summed E-state index contributed by atoms with van der Waals surface area (Å²) in [5.41, 5.74) is 5.37. The molecular weight excluding hydrogens is 423 g/mol. The van der Waals surface area contributed by atoms with Gasteiger partial charge in [-0.25, -0.2) is 14.4 Å². The van der Waals surface area contributed by atoms with Crippen molar-refractivity contribution in [3.63, 3.8) is 0 Å². The Hall–Kier alpha value is -3.45. The molecule has 32 heavy (non-hydrogen) atoms. The van der Waals surface area contributed by atoms with E-state index in [0.717, 1.165) is 27.6 Å². The van der Waals surface area contributed by atoms with Crippen molar-refractivity contribution in [1.29, 1.82) is 0 Å². The number of hydrogen-bond acceptors (Lipinski definition) is 5. The minimum atomic E-state index is -0.355. The molecule has 0 unspecified atom stereocenters. The van der Waals surface area contributed by atoms with Crippen molar-refractivity contribution in [3.05, 3.63) is 95.4 Å². The summed E-state index contributed by atoms with van der Waals surface area (Å²) in [5, 5.41) is 0.878. The molecule has 0 radical (unpaired) electrons. The van der Waals surface area contributed by atoms with Gasteiger partial charge in [0, 0.05) is 11.9 Å². The summed E-state index contributed by atoms with van der Waals surface area (Å²) >= 11 is 1.67. The number of fused-ring (bicyclic) bond motifs is 1. The van der Waals surface area contributed by atoms with Gasteiger partial charge in [0.1, 0.15) is 17.3 Å². The molecule has 0 saturated heterocycles. The molecule has 0 fully saturated rings. The van der Waals surface area contributed by atoms with E-state index in [9.17, 15) is 4.39 Å². The first-order valence-electron chi connectivity index (χ1n) is 10.3. The average Bonchev–Trinajstić information content (AvgIpc) is 3.34. The Morgan fingerprint density at radius 2 is 1.81 bits per heavy atom. The quantitative estimate of drug-likeness (QED) is 0.293. The van der Waals surface area contributed by atoms with Crippen molar-refractivity contribution in [2.45, 2.75) is 31.3 Å². The number of hydrogen-bond donors (Lipinski definition) is 0. The zero-order valence-corrected chi connectivity index (χ0v) is 18.6. The minimum absolute atomic E-state index is 0.284. The lowest BCUT2D eigenvalue weighted by Gasteiger charge is -2.08. The molecule has 7 heteroatoms. The van der Waals surface area contributed by atoms with Crippen LogP contribution in [0.15, 0.2) is 76.6 Å². The Kier molecular flexibility index (Phi) is 5.49. The number of rotatable bonds is 6. The average molecular weight is 445 g/mol. The molecule has 0 spiro atoms. The van der Waals surface area contributed by atoms with E-state index in [2.05, 4.69) is 45.7 Å². The number of halogens is 1. The van der Waals surface area contributed by atoms with E-state index in [-0.39, 0.29) is 11.7 Å². The van der Waals surface area contributed by atoms with E-state index in [1.165, 1.54) is 17.2 Å². The van der Waals surface area contributed by atoms with E-state index in [1.807, 2.05) is 19.2 Å². The van der Waals surface area contributed by atoms with Crippen LogP contribution in [-0.4, -0.2) is 19.5 Å². The molecule has 0 aliphatic rings. The van der Waals surface area contributed by atoms with Gasteiger partial charge in [-0.05, 0) is 37.6 Å². The van der Waals surface area contributed by atoms with Gasteiger partial charge in [-0.3, -0.25) is 4.98 Å². The molecule has 0 atom stereocenters. The first-order chi connectivity index (χ1) is 15.6. The van der Waals surface area contributed by atoms with Gasteiger partial charge in [0.25, 0.3) is 0 Å². The molecule has 5 nitrogen and oxygen atoms in total. The maximum atomic E-state index is 14.2. The predicted molar refractivity (Wildman–Crippen MR) is 124 cm³/mol. The summed E-state index contributed by atoms with van der Waals surface area (Å²) in [6.07, 6.45) is 3.55. The van der Waals surface area contributed by atoms with Gasteiger partial charge in [0.15, 0.2) is 5.16 Å². The number of pyridine rings is 1. The third-order valence-electron chi connectivity index (χ3n) is 5.31. The number of nitrogens with zero attached hydrogens (tertiary/aromatic N) is 4. The number of oxazole rings is 1. The molecule has 0 amide bonds. The van der Waals surface area contributed by atoms with Crippen LogP contribution in [0.4, 0.5) is 4.39 Å². The Morgan fingerprint density at radius 1 is 1.00 bits per heavy atom. The van der Waals surface area contributed by atoms with E-state index < -0.39 is 0 Å². The highest BCUT2D eigenvalue weighted by Gasteiger charge is 2.18. The van der Waals surface area contributed by atoms with Crippen LogP contribution in [0.1, 0.15) is 22.6 Å². The normalized spacial score (nSPS) is 11.3. The van der Waals surface area contributed by atoms with Crippen LogP contribution in [0.2, 0.25) is 0 Å². The van der Waals surface area contributed by atoms with Gasteiger partial charge in [-0.1, -0.05) is 53.7 Å². The molecule has 160 valence electrons. The molecule has 0 N–H and O–H groups in total. The summed E-state index contributed by atoms with van der Waals surface area (Å²) < 4.78 is 22.1. The second kappa shape index (κ2) is 8.59. The van der Waals surface area contributed by atoms with Gasteiger partial charge in [0.2, 0.25) is 5.89 Å². The van der Waals surface area contributed by atoms with Crippen LogP contribution < -0.4 is 0 Å². The summed E-state index contributed by atoms with van der Waals surface area (Å²) in [6.45, 7) is 4.39. The molecule has 0 bridgehead atoms. The van der Waals surface area contributed by atoms with E-state index in [4.69, 9.17) is 9.40 Å². The molecule has 3 heterocycles. The molecule has 0 saturated carbocycles. The molecule has 5 aromatic rings. The summed E-state index contributed by atoms with van der Waals surface area (Å²) in [5.74, 6) is 1.39. The van der Waals surface area contributed by atoms with Crippen molar-refractivity contribution in [3.8, 4) is 11.5 Å². The van der Waals surface area contributed by atoms with Crippen molar-refractivity contribution >= 4 is 22.8 Å². The van der Waals surface area contributed by atoms with Gasteiger partial charge < -0.3 is 8.98 Å². The highest BCUT2D eigenvalue weighted by molar-refractivity contribution is 7.98. The maximum Gasteiger partial charge on any atom is 0.229 e. The standard InChI is InChI=1S/C25H21FN4OS/c1-16-7-9-18(10-8-16)15-32-25-29-21-11-12-27-13-23(21)30(25)14-22-17(2)31-24(28-22)19-5-3-4-6-20(19)26/h3-13H,14-15H2,1-2H3. The maximum absolute atomic E-state index is 14.2. The van der Waals surface area contributed by atoms with Crippen LogP contribution in [-0.2, 0) is 12.3 Å². The lowest BCUT2D eigenvalue weighted by molar-refractivity contribution is 0.530. The largest absolute Gasteiger partial charge is 0.441 e. The predicted octanol–water partition coefficient (Wildman–Crippen LogP) is 6.18. The topological polar surface area (TPSA) is 56.7 Å². The van der Waals surface area contributed by atoms with E-state index >= 15 is 0 Å². The fraction of sp³-hybridized carbons (Fsp3) is 0.160. The highest BCUT2D eigenvalue weighted by atomic mass is 32.2. The van der Waals surface area contributed by atoms with Crippen LogP contribution in [0.5, 0.6) is 0 Å². The fourth-order valence-electron chi connectivity index (χ4n) is 3.52. The Balaban J connectivity index is 1.48. The number of aromatic nitrogens is 4. The summed E-state index contributed by atoms with van der Waals surface area (Å²) in [6, 6.07) is 16.9. The minimum Gasteiger partial charge on any atom is -0.441 e. The molecule has 2 aromatic carbocycles. The number of benzene rings is 2. The Labute approximate surface area is 189 Å². The highest BCUT2D eigenvalue weighted by Crippen LogP contribution is 2.29. The van der Waals surface area contributed by atoms with E-state index in [0.29, 0.717) is 17.9 Å². The number of imidazole rings is 1. The van der Waals surface area contributed by atoms with Crippen LogP contribution in [0.25, 0.3) is 22.5 Å². The molecule has 3 aromatic heterocycles. The lowest BCUT2D eigenvalue weighted by atomic mass is 10.2. The number of thioether (sulfide) groups is 1. The first kappa shape index (κ1) is 20.5. The Bertz CT molecular complexity index is 1390. The molecule has 0 aliphatic heterocycles. The fourth-order valence-corrected chi connectivity index (χ4v) is 4.49. The van der Waals surface area contributed by atoms with Crippen molar-refractivity contribution in [2.24, 2.45) is 0 Å². The lowest BCUT2D eigenvalue weighted by Crippen LogP contribution is -2.03. The van der Waals surface area contributed by atoms with Crippen molar-refractivity contribution < 1.29 is 8.81 Å². The summed E-state index contributed by atoms with van der Waals surface area (Å²) in [4.78, 5) is 13.7. The Morgan fingerprint density at radius 3 is 2.62 bits per heavy atom. The third-order valence-corrected chi connectivity index (χ3v) is 6.36. The van der Waals surface area contributed by atoms with Gasteiger partial charge in [-0.2, -0.15) is 0 Å². The van der Waals surface area contributed by atoms with Gasteiger partial charge in [0.05, 0.1) is 29.3 Å². The molecule has 0 aliphatic carbocycles. The second-order valence-corrected chi connectivity index (χ2v) is 8.56. The van der Waals surface area contributed by atoms with Gasteiger partial charge >= 0.3 is 0 Å². The van der Waals surface area contributed by atoms with Crippen LogP contribution in [0.3, 0.4) is 0 Å². The zero-order chi connectivity index (χ0) is 22.1. The number of aryl methyl sites for hydroxylation is 2. The SMILES string of the molecule is Cc1ccc(CSc2nc3ccncc3n2Cc2nc(-c3ccccc3F)oc2C)cc1. The first-order valence-corrected chi connectivity index (χ1v) is 11.3. The monoisotopic (exact) mass is 444 g/mol. The van der Waals surface area contributed by atoms with Crippen LogP contribution in [0, 0.1) is 19.7 Å². The van der Waals surface area contributed by atoms with Crippen LogP contribution >= 0.6 is 11.8 Å². The van der Waals surface area contributed by atoms with Crippen molar-refractivity contribution in [2.75, 3.05) is 0 Å². The molecular formula is C25H21FN4OS. The smallest absolute Gasteiger partial charge is 0.229 e. The molecule has 5 rings (SSSR count). The van der Waals surface area contributed by atoms with E-state index in [1.54, 1.807) is 36.2 Å². The van der Waals surface area contributed by atoms with Crippen molar-refractivity contribution in [1.82, 2.24) is 19.5 Å². The summed E-state index contributed by atoms with van der Waals surface area (Å²) in [7, 11) is 0. The van der Waals surface area contributed by atoms with Gasteiger partial charge in [-0.15, -0.1) is 0 Å². The third kappa shape index (κ3) is 4.03. The second-order valence-electron chi connectivity index (χ2n) is 7.62. The zero-order valence-electron chi connectivity index (χ0n) is 17.7.